The molecule has 2 aromatic heterocycles. The van der Waals surface area contributed by atoms with Gasteiger partial charge in [-0.25, -0.2) is 13.8 Å². The van der Waals surface area contributed by atoms with Crippen LogP contribution in [0.1, 0.15) is 0 Å². The monoisotopic (exact) mass is 227 g/mol. The van der Waals surface area contributed by atoms with Gasteiger partial charge in [-0.3, -0.25) is 0 Å². The number of aromatic nitrogens is 1. The molecule has 0 saturated carbocycles. The van der Waals surface area contributed by atoms with E-state index in [-0.39, 0.29) is 0 Å². The number of hydrogen-bond donors (Lipinski definition) is 2. The number of nitrogens with one attached hydrogen (secondary N) is 1. The fourth-order valence-corrected chi connectivity index (χ4v) is 1.32. The lowest BCUT2D eigenvalue weighted by Crippen LogP contribution is -2.35. The van der Waals surface area contributed by atoms with E-state index in [2.05, 4.69) is 10.3 Å². The van der Waals surface area contributed by atoms with E-state index in [0.717, 1.165) is 0 Å². The molecule has 2 heterocycles. The smallest absolute Gasteiger partial charge is 0.276 e. The maximum Gasteiger partial charge on any atom is 0.276 e. The number of nitrogens with two attached hydrogens (primary N) is 1. The van der Waals surface area contributed by atoms with Crippen LogP contribution < -0.4 is 11.1 Å². The lowest BCUT2D eigenvalue weighted by atomic mass is 10.3. The Morgan fingerprint density at radius 2 is 2.25 bits per heavy atom. The molecule has 0 bridgehead atoms. The van der Waals surface area contributed by atoms with Crippen molar-refractivity contribution in [3.63, 3.8) is 0 Å². The average Bonchev–Trinajstić information content (AvgIpc) is 2.75. The first-order chi connectivity index (χ1) is 7.62. The number of pyridine rings is 1. The Morgan fingerprint density at radius 1 is 1.44 bits per heavy atom. The lowest BCUT2D eigenvalue weighted by Gasteiger charge is -2.15. The molecule has 0 radical (unpaired) electrons. The highest BCUT2D eigenvalue weighted by Crippen LogP contribution is 2.22. The van der Waals surface area contributed by atoms with Crippen molar-refractivity contribution in [1.29, 1.82) is 0 Å². The third-order valence-electron chi connectivity index (χ3n) is 2.19. The van der Waals surface area contributed by atoms with Gasteiger partial charge < -0.3 is 15.5 Å². The van der Waals surface area contributed by atoms with Gasteiger partial charge in [0.25, 0.3) is 5.92 Å². The van der Waals surface area contributed by atoms with Crippen LogP contribution in [-0.4, -0.2) is 24.0 Å². The number of halogens is 2. The molecular weight excluding hydrogens is 216 g/mol. The minimum atomic E-state index is -2.94. The molecule has 0 unspecified atom stereocenters. The van der Waals surface area contributed by atoms with E-state index in [9.17, 15) is 8.78 Å². The van der Waals surface area contributed by atoms with E-state index < -0.39 is 19.0 Å². The molecule has 16 heavy (non-hydrogen) atoms. The molecule has 0 spiro atoms. The van der Waals surface area contributed by atoms with Crippen molar-refractivity contribution in [3.05, 3.63) is 24.6 Å². The number of alkyl halides is 2. The molecule has 2 aromatic rings. The van der Waals surface area contributed by atoms with Crippen molar-refractivity contribution < 1.29 is 13.2 Å². The Labute approximate surface area is 90.4 Å². The summed E-state index contributed by atoms with van der Waals surface area (Å²) < 4.78 is 31.0. The summed E-state index contributed by atoms with van der Waals surface area (Å²) in [5.74, 6) is -2.56. The summed E-state index contributed by atoms with van der Waals surface area (Å²) in [6, 6.07) is 3.34. The van der Waals surface area contributed by atoms with Gasteiger partial charge in [-0.2, -0.15) is 0 Å². The Kier molecular flexibility index (Phi) is 2.74. The summed E-state index contributed by atoms with van der Waals surface area (Å²) in [6.07, 6.45) is 2.98. The second kappa shape index (κ2) is 4.05. The van der Waals surface area contributed by atoms with Gasteiger partial charge >= 0.3 is 0 Å². The van der Waals surface area contributed by atoms with E-state index in [1.807, 2.05) is 0 Å². The van der Waals surface area contributed by atoms with E-state index in [0.29, 0.717) is 16.8 Å². The first-order valence-electron chi connectivity index (χ1n) is 4.76. The van der Waals surface area contributed by atoms with Crippen LogP contribution in [0.15, 0.2) is 29.0 Å². The molecule has 0 aromatic carbocycles. The molecule has 0 saturated heterocycles. The lowest BCUT2D eigenvalue weighted by molar-refractivity contribution is 0.0253. The molecule has 4 nitrogen and oxygen atoms in total. The van der Waals surface area contributed by atoms with E-state index in [1.165, 1.54) is 12.5 Å². The second-order valence-corrected chi connectivity index (χ2v) is 3.41. The fourth-order valence-electron chi connectivity index (χ4n) is 1.32. The first-order valence-corrected chi connectivity index (χ1v) is 4.76. The van der Waals surface area contributed by atoms with Crippen LogP contribution in [0.2, 0.25) is 0 Å². The second-order valence-electron chi connectivity index (χ2n) is 3.41. The van der Waals surface area contributed by atoms with Crippen molar-refractivity contribution in [3.8, 4) is 0 Å². The molecule has 2 rings (SSSR count). The fraction of sp³-hybridized carbons (Fsp3) is 0.300. The minimum absolute atomic E-state index is 0.374. The molecule has 0 atom stereocenters. The average molecular weight is 227 g/mol. The van der Waals surface area contributed by atoms with Crippen LogP contribution in [-0.2, 0) is 0 Å². The first kappa shape index (κ1) is 10.8. The Hall–Kier alpha value is -1.69. The van der Waals surface area contributed by atoms with Gasteiger partial charge in [0, 0.05) is 6.20 Å². The predicted molar refractivity (Wildman–Crippen MR) is 56.5 cm³/mol. The van der Waals surface area contributed by atoms with Gasteiger partial charge in [0.1, 0.15) is 11.4 Å². The van der Waals surface area contributed by atoms with Gasteiger partial charge in [-0.15, -0.1) is 0 Å². The molecule has 0 amide bonds. The molecule has 0 aliphatic carbocycles. The van der Waals surface area contributed by atoms with Crippen molar-refractivity contribution in [2.45, 2.75) is 5.92 Å². The summed E-state index contributed by atoms with van der Waals surface area (Å²) in [7, 11) is 0. The van der Waals surface area contributed by atoms with E-state index >= 15 is 0 Å². The molecule has 0 aliphatic rings. The molecule has 0 aliphatic heterocycles. The SMILES string of the molecule is NCC(F)(F)CNc1nccc2occc12. The molecule has 3 N–H and O–H groups in total. The predicted octanol–water partition coefficient (Wildman–Crippen LogP) is 1.83. The quantitative estimate of drug-likeness (QED) is 0.836. The van der Waals surface area contributed by atoms with Gasteiger partial charge in [0.15, 0.2) is 0 Å². The molecule has 86 valence electrons. The zero-order valence-electron chi connectivity index (χ0n) is 8.41. The Morgan fingerprint density at radius 3 is 3.00 bits per heavy atom. The third kappa shape index (κ3) is 2.11. The zero-order valence-corrected chi connectivity index (χ0v) is 8.41. The highest BCUT2D eigenvalue weighted by Gasteiger charge is 2.26. The maximum absolute atomic E-state index is 12.9. The van der Waals surface area contributed by atoms with Gasteiger partial charge in [0.05, 0.1) is 24.7 Å². The minimum Gasteiger partial charge on any atom is -0.464 e. The normalized spacial score (nSPS) is 11.9. The number of hydrogen-bond acceptors (Lipinski definition) is 4. The molecule has 0 fully saturated rings. The van der Waals surface area contributed by atoms with E-state index in [4.69, 9.17) is 10.2 Å². The van der Waals surface area contributed by atoms with Crippen LogP contribution in [0.3, 0.4) is 0 Å². The number of anilines is 1. The number of fused-ring (bicyclic) bond motifs is 1. The zero-order chi connectivity index (χ0) is 11.6. The van der Waals surface area contributed by atoms with Gasteiger partial charge in [-0.1, -0.05) is 0 Å². The number of furan rings is 1. The Bertz CT molecular complexity index is 484. The van der Waals surface area contributed by atoms with Crippen molar-refractivity contribution >= 4 is 16.8 Å². The van der Waals surface area contributed by atoms with Crippen LogP contribution >= 0.6 is 0 Å². The topological polar surface area (TPSA) is 64.1 Å². The third-order valence-corrected chi connectivity index (χ3v) is 2.19. The number of nitrogens with zero attached hydrogens (tertiary/aromatic N) is 1. The standard InChI is InChI=1S/C10H11F2N3O/c11-10(12,5-13)6-15-9-7-2-4-16-8(7)1-3-14-9/h1-4H,5-6,13H2,(H,14,15). The maximum atomic E-state index is 12.9. The van der Waals surface area contributed by atoms with Crippen LogP contribution in [0.5, 0.6) is 0 Å². The Balaban J connectivity index is 2.18. The number of rotatable bonds is 4. The van der Waals surface area contributed by atoms with Crippen LogP contribution in [0.4, 0.5) is 14.6 Å². The summed E-state index contributed by atoms with van der Waals surface area (Å²) in [5, 5.41) is 3.24. The summed E-state index contributed by atoms with van der Waals surface area (Å²) in [5.41, 5.74) is 5.54. The molecular formula is C10H11F2N3O. The van der Waals surface area contributed by atoms with Crippen LogP contribution in [0.25, 0.3) is 11.0 Å². The van der Waals surface area contributed by atoms with Crippen LogP contribution in [0, 0.1) is 0 Å². The van der Waals surface area contributed by atoms with Crippen molar-refractivity contribution in [1.82, 2.24) is 4.98 Å². The summed E-state index contributed by atoms with van der Waals surface area (Å²) >= 11 is 0. The largest absolute Gasteiger partial charge is 0.464 e. The van der Waals surface area contributed by atoms with Crippen molar-refractivity contribution in [2.75, 3.05) is 18.4 Å². The van der Waals surface area contributed by atoms with Crippen molar-refractivity contribution in [2.24, 2.45) is 5.73 Å². The van der Waals surface area contributed by atoms with Gasteiger partial charge in [-0.05, 0) is 12.1 Å². The van der Waals surface area contributed by atoms with Gasteiger partial charge in [0.2, 0.25) is 0 Å². The highest BCUT2D eigenvalue weighted by atomic mass is 19.3. The molecule has 6 heteroatoms. The summed E-state index contributed by atoms with van der Waals surface area (Å²) in [6.45, 7) is -1.23. The summed E-state index contributed by atoms with van der Waals surface area (Å²) in [4.78, 5) is 3.97. The highest BCUT2D eigenvalue weighted by molar-refractivity contribution is 5.87. The van der Waals surface area contributed by atoms with E-state index in [1.54, 1.807) is 12.1 Å².